The Morgan fingerprint density at radius 3 is 2.34 bits per heavy atom. The zero-order chi connectivity index (χ0) is 20.6. The molecule has 29 heavy (non-hydrogen) atoms. The third kappa shape index (κ3) is 5.50. The molecule has 0 radical (unpaired) electrons. The van der Waals surface area contributed by atoms with Crippen LogP contribution in [0, 0.1) is 6.92 Å². The van der Waals surface area contributed by atoms with Gasteiger partial charge in [0, 0.05) is 38.2 Å². The number of ether oxygens (including phenoxy) is 2. The number of nitrogens with zero attached hydrogens (tertiary/aromatic N) is 2. The van der Waals surface area contributed by atoms with Gasteiger partial charge in [-0.05, 0) is 43.2 Å². The molecule has 2 aromatic rings. The second kappa shape index (κ2) is 9.96. The Kier molecular flexibility index (Phi) is 7.11. The van der Waals surface area contributed by atoms with Crippen molar-refractivity contribution >= 4 is 11.8 Å². The molecule has 1 aliphatic heterocycles. The number of benzene rings is 2. The molecule has 2 amide bonds. The third-order valence-electron chi connectivity index (χ3n) is 5.12. The van der Waals surface area contributed by atoms with Gasteiger partial charge in [0.05, 0.1) is 13.7 Å². The molecule has 1 fully saturated rings. The van der Waals surface area contributed by atoms with Gasteiger partial charge in [0.15, 0.2) is 0 Å². The third-order valence-corrected chi connectivity index (χ3v) is 5.12. The van der Waals surface area contributed by atoms with Gasteiger partial charge in [-0.2, -0.15) is 0 Å². The van der Waals surface area contributed by atoms with Crippen LogP contribution in [-0.4, -0.2) is 61.5 Å². The molecule has 0 unspecified atom stereocenters. The summed E-state index contributed by atoms with van der Waals surface area (Å²) >= 11 is 0. The summed E-state index contributed by atoms with van der Waals surface area (Å²) in [5.74, 6) is 1.62. The summed E-state index contributed by atoms with van der Waals surface area (Å²) < 4.78 is 10.9. The van der Waals surface area contributed by atoms with Crippen LogP contribution in [0.25, 0.3) is 0 Å². The first kappa shape index (κ1) is 20.7. The molecule has 0 saturated carbocycles. The van der Waals surface area contributed by atoms with E-state index >= 15 is 0 Å². The fourth-order valence-electron chi connectivity index (χ4n) is 3.38. The Labute approximate surface area is 172 Å². The van der Waals surface area contributed by atoms with Crippen LogP contribution in [0.1, 0.15) is 28.8 Å². The molecule has 1 saturated heterocycles. The summed E-state index contributed by atoms with van der Waals surface area (Å²) in [7, 11) is 1.60. The van der Waals surface area contributed by atoms with E-state index < -0.39 is 0 Å². The lowest BCUT2D eigenvalue weighted by molar-refractivity contribution is -0.132. The lowest BCUT2D eigenvalue weighted by Gasteiger charge is -2.35. The molecule has 0 N–H and O–H groups in total. The van der Waals surface area contributed by atoms with E-state index in [9.17, 15) is 9.59 Å². The van der Waals surface area contributed by atoms with Crippen molar-refractivity contribution in [2.24, 2.45) is 0 Å². The fourth-order valence-corrected chi connectivity index (χ4v) is 3.38. The first-order chi connectivity index (χ1) is 14.1. The smallest absolute Gasteiger partial charge is 0.254 e. The van der Waals surface area contributed by atoms with Gasteiger partial charge in [0.25, 0.3) is 5.91 Å². The van der Waals surface area contributed by atoms with Crippen molar-refractivity contribution in [1.29, 1.82) is 0 Å². The van der Waals surface area contributed by atoms with Gasteiger partial charge >= 0.3 is 0 Å². The average Bonchev–Trinajstić information content (AvgIpc) is 2.77. The summed E-state index contributed by atoms with van der Waals surface area (Å²) in [6.07, 6.45) is 1.13. The maximum Gasteiger partial charge on any atom is 0.254 e. The number of rotatable bonds is 7. The van der Waals surface area contributed by atoms with E-state index in [-0.39, 0.29) is 11.8 Å². The molecule has 0 spiro atoms. The minimum atomic E-state index is -0.0216. The van der Waals surface area contributed by atoms with Gasteiger partial charge in [0.2, 0.25) is 5.91 Å². The van der Waals surface area contributed by atoms with Crippen molar-refractivity contribution < 1.29 is 19.1 Å². The van der Waals surface area contributed by atoms with E-state index in [1.807, 2.05) is 54.3 Å². The van der Waals surface area contributed by atoms with E-state index in [0.29, 0.717) is 56.9 Å². The Morgan fingerprint density at radius 2 is 1.66 bits per heavy atom. The molecular weight excluding hydrogens is 368 g/mol. The lowest BCUT2D eigenvalue weighted by atomic mass is 10.1. The zero-order valence-corrected chi connectivity index (χ0v) is 17.1. The van der Waals surface area contributed by atoms with Crippen molar-refractivity contribution in [3.63, 3.8) is 0 Å². The SMILES string of the molecule is COc1cc(C(=O)N2CCN(C(=O)CCCOc3ccccc3)CC2)ccc1C. The minimum Gasteiger partial charge on any atom is -0.496 e. The van der Waals surface area contributed by atoms with Gasteiger partial charge in [0.1, 0.15) is 11.5 Å². The van der Waals surface area contributed by atoms with E-state index in [2.05, 4.69) is 0 Å². The second-order valence-electron chi connectivity index (χ2n) is 7.12. The molecule has 2 aromatic carbocycles. The molecular formula is C23H28N2O4. The first-order valence-corrected chi connectivity index (χ1v) is 9.98. The second-order valence-corrected chi connectivity index (χ2v) is 7.12. The maximum atomic E-state index is 12.8. The minimum absolute atomic E-state index is 0.0216. The number of carbonyl (C=O) groups is 2. The standard InChI is InChI=1S/C23H28N2O4/c1-18-10-11-19(17-21(18)28-2)23(27)25-14-12-24(13-15-25)22(26)9-6-16-29-20-7-4-3-5-8-20/h3-5,7-8,10-11,17H,6,9,12-16H2,1-2H3. The van der Waals surface area contributed by atoms with Crippen molar-refractivity contribution in [2.75, 3.05) is 39.9 Å². The summed E-state index contributed by atoms with van der Waals surface area (Å²) in [6, 6.07) is 15.1. The predicted molar refractivity (Wildman–Crippen MR) is 111 cm³/mol. The lowest BCUT2D eigenvalue weighted by Crippen LogP contribution is -2.50. The predicted octanol–water partition coefficient (Wildman–Crippen LogP) is 3.15. The van der Waals surface area contributed by atoms with Crippen LogP contribution in [-0.2, 0) is 4.79 Å². The largest absolute Gasteiger partial charge is 0.496 e. The summed E-state index contributed by atoms with van der Waals surface area (Å²) in [4.78, 5) is 28.8. The highest BCUT2D eigenvalue weighted by molar-refractivity contribution is 5.95. The molecule has 0 aromatic heterocycles. The van der Waals surface area contributed by atoms with Crippen molar-refractivity contribution in [1.82, 2.24) is 9.80 Å². The summed E-state index contributed by atoms with van der Waals surface area (Å²) in [6.45, 7) is 4.68. The van der Waals surface area contributed by atoms with Gasteiger partial charge in [-0.15, -0.1) is 0 Å². The van der Waals surface area contributed by atoms with Crippen LogP contribution in [0.4, 0.5) is 0 Å². The molecule has 1 heterocycles. The average molecular weight is 396 g/mol. The molecule has 6 nitrogen and oxygen atoms in total. The number of hydrogen-bond donors (Lipinski definition) is 0. The Balaban J connectivity index is 1.42. The molecule has 6 heteroatoms. The van der Waals surface area contributed by atoms with E-state index in [1.54, 1.807) is 18.1 Å². The highest BCUT2D eigenvalue weighted by atomic mass is 16.5. The fraction of sp³-hybridized carbons (Fsp3) is 0.391. The number of hydrogen-bond acceptors (Lipinski definition) is 4. The van der Waals surface area contributed by atoms with Gasteiger partial charge in [-0.25, -0.2) is 0 Å². The van der Waals surface area contributed by atoms with Crippen molar-refractivity contribution in [3.05, 3.63) is 59.7 Å². The molecule has 0 aliphatic carbocycles. The monoisotopic (exact) mass is 396 g/mol. The van der Waals surface area contributed by atoms with Gasteiger partial charge in [-0.3, -0.25) is 9.59 Å². The summed E-state index contributed by atoms with van der Waals surface area (Å²) in [5.41, 5.74) is 1.61. The molecule has 154 valence electrons. The van der Waals surface area contributed by atoms with E-state index in [0.717, 1.165) is 11.3 Å². The maximum absolute atomic E-state index is 12.8. The first-order valence-electron chi connectivity index (χ1n) is 9.98. The number of para-hydroxylation sites is 1. The highest BCUT2D eigenvalue weighted by Crippen LogP contribution is 2.20. The van der Waals surface area contributed by atoms with Crippen LogP contribution in [0.5, 0.6) is 11.5 Å². The number of methoxy groups -OCH3 is 1. The quantitative estimate of drug-likeness (QED) is 0.675. The zero-order valence-electron chi connectivity index (χ0n) is 17.1. The molecule has 0 bridgehead atoms. The Hall–Kier alpha value is -3.02. The molecule has 3 rings (SSSR count). The normalized spacial score (nSPS) is 13.9. The van der Waals surface area contributed by atoms with Crippen LogP contribution >= 0.6 is 0 Å². The molecule has 1 aliphatic rings. The van der Waals surface area contributed by atoms with Crippen molar-refractivity contribution in [3.8, 4) is 11.5 Å². The van der Waals surface area contributed by atoms with Crippen LogP contribution in [0.15, 0.2) is 48.5 Å². The van der Waals surface area contributed by atoms with Crippen LogP contribution in [0.2, 0.25) is 0 Å². The number of piperazine rings is 1. The Bertz CT molecular complexity index is 830. The summed E-state index contributed by atoms with van der Waals surface area (Å²) in [5, 5.41) is 0. The topological polar surface area (TPSA) is 59.1 Å². The van der Waals surface area contributed by atoms with Crippen molar-refractivity contribution in [2.45, 2.75) is 19.8 Å². The van der Waals surface area contributed by atoms with Crippen LogP contribution in [0.3, 0.4) is 0 Å². The molecule has 0 atom stereocenters. The highest BCUT2D eigenvalue weighted by Gasteiger charge is 2.25. The Morgan fingerprint density at radius 1 is 0.966 bits per heavy atom. The number of aryl methyl sites for hydroxylation is 1. The number of amides is 2. The van der Waals surface area contributed by atoms with E-state index in [4.69, 9.17) is 9.47 Å². The van der Waals surface area contributed by atoms with Gasteiger partial charge < -0.3 is 19.3 Å². The van der Waals surface area contributed by atoms with E-state index in [1.165, 1.54) is 0 Å². The van der Waals surface area contributed by atoms with Gasteiger partial charge in [-0.1, -0.05) is 24.3 Å². The van der Waals surface area contributed by atoms with Crippen LogP contribution < -0.4 is 9.47 Å². The number of carbonyl (C=O) groups excluding carboxylic acids is 2.